The smallest absolute Gasteiger partial charge is 0.252 e. The number of hydrogen-bond acceptors (Lipinski definition) is 4. The van der Waals surface area contributed by atoms with Crippen molar-refractivity contribution < 1.29 is 18.4 Å². The molecular formula is C25H26FN3O3. The monoisotopic (exact) mass is 435 g/mol. The van der Waals surface area contributed by atoms with Crippen LogP contribution in [0.1, 0.15) is 42.5 Å². The van der Waals surface area contributed by atoms with Gasteiger partial charge in [0.05, 0.1) is 17.3 Å². The van der Waals surface area contributed by atoms with Crippen molar-refractivity contribution in [2.45, 2.75) is 32.1 Å². The summed E-state index contributed by atoms with van der Waals surface area (Å²) in [5.41, 5.74) is 1.28. The van der Waals surface area contributed by atoms with Crippen LogP contribution in [0.4, 0.5) is 4.39 Å². The van der Waals surface area contributed by atoms with Gasteiger partial charge in [-0.15, -0.1) is 0 Å². The zero-order valence-electron chi connectivity index (χ0n) is 17.9. The van der Waals surface area contributed by atoms with Gasteiger partial charge in [0, 0.05) is 31.6 Å². The van der Waals surface area contributed by atoms with Crippen LogP contribution < -0.4 is 5.32 Å². The van der Waals surface area contributed by atoms with Crippen LogP contribution in [-0.4, -0.2) is 41.3 Å². The number of halogens is 1. The fourth-order valence-electron chi connectivity index (χ4n) is 3.89. The normalized spacial score (nSPS) is 14.3. The van der Waals surface area contributed by atoms with E-state index in [2.05, 4.69) is 10.3 Å². The molecule has 166 valence electrons. The van der Waals surface area contributed by atoms with E-state index in [1.807, 2.05) is 4.90 Å². The summed E-state index contributed by atoms with van der Waals surface area (Å²) < 4.78 is 19.9. The lowest BCUT2D eigenvalue weighted by atomic mass is 10.1. The molecule has 7 heteroatoms. The van der Waals surface area contributed by atoms with Gasteiger partial charge < -0.3 is 14.6 Å². The quantitative estimate of drug-likeness (QED) is 0.547. The molecule has 2 amide bonds. The summed E-state index contributed by atoms with van der Waals surface area (Å²) in [6.07, 6.45) is 5.86. The number of benzene rings is 2. The van der Waals surface area contributed by atoms with Crippen molar-refractivity contribution in [2.75, 3.05) is 19.6 Å². The average molecular weight is 435 g/mol. The van der Waals surface area contributed by atoms with Crippen molar-refractivity contribution in [3.63, 3.8) is 0 Å². The molecule has 0 spiro atoms. The van der Waals surface area contributed by atoms with E-state index < -0.39 is 5.82 Å². The number of carbonyl (C=O) groups is 2. The third kappa shape index (κ3) is 5.04. The second-order valence-electron chi connectivity index (χ2n) is 7.86. The highest BCUT2D eigenvalue weighted by Crippen LogP contribution is 2.29. The van der Waals surface area contributed by atoms with Crippen molar-refractivity contribution in [1.29, 1.82) is 0 Å². The maximum Gasteiger partial charge on any atom is 0.252 e. The summed E-state index contributed by atoms with van der Waals surface area (Å²) >= 11 is 0. The minimum absolute atomic E-state index is 0.203. The standard InChI is InChI=1S/C25H26FN3O3/c26-21-12-6-5-11-20(21)22-17-28-25(32-22)19-10-4-3-9-18(19)24(31)27-14-8-16-29-15-7-1-2-13-23(29)30/h3-6,9-12,17H,1-2,7-8,13-16H2,(H,27,31). The summed E-state index contributed by atoms with van der Waals surface area (Å²) in [7, 11) is 0. The van der Waals surface area contributed by atoms with Crippen LogP contribution in [0.15, 0.2) is 59.1 Å². The largest absolute Gasteiger partial charge is 0.436 e. The average Bonchev–Trinajstić information content (AvgIpc) is 3.21. The highest BCUT2D eigenvalue weighted by atomic mass is 19.1. The first-order valence-corrected chi connectivity index (χ1v) is 11.0. The zero-order chi connectivity index (χ0) is 22.3. The lowest BCUT2D eigenvalue weighted by molar-refractivity contribution is -0.130. The van der Waals surface area contributed by atoms with Crippen LogP contribution in [0, 0.1) is 5.82 Å². The fraction of sp³-hybridized carbons (Fsp3) is 0.320. The Balaban J connectivity index is 1.40. The van der Waals surface area contributed by atoms with Crippen LogP contribution in [0.3, 0.4) is 0 Å². The van der Waals surface area contributed by atoms with Gasteiger partial charge in [-0.25, -0.2) is 9.37 Å². The zero-order valence-corrected chi connectivity index (χ0v) is 17.9. The highest BCUT2D eigenvalue weighted by molar-refractivity contribution is 6.00. The third-order valence-electron chi connectivity index (χ3n) is 5.61. The third-order valence-corrected chi connectivity index (χ3v) is 5.61. The Hall–Kier alpha value is -3.48. The Morgan fingerprint density at radius 1 is 1.06 bits per heavy atom. The van der Waals surface area contributed by atoms with Gasteiger partial charge in [-0.1, -0.05) is 30.7 Å². The molecule has 2 aromatic carbocycles. The Bertz CT molecular complexity index is 1100. The van der Waals surface area contributed by atoms with E-state index in [-0.39, 0.29) is 17.7 Å². The number of rotatable bonds is 7. The molecule has 1 aromatic heterocycles. The molecule has 3 aromatic rings. The molecule has 6 nitrogen and oxygen atoms in total. The molecule has 1 N–H and O–H groups in total. The van der Waals surface area contributed by atoms with Crippen LogP contribution in [0.2, 0.25) is 0 Å². The van der Waals surface area contributed by atoms with Gasteiger partial charge in [-0.2, -0.15) is 0 Å². The van der Waals surface area contributed by atoms with Gasteiger partial charge in [0.15, 0.2) is 5.76 Å². The van der Waals surface area contributed by atoms with Crippen molar-refractivity contribution in [3.05, 3.63) is 66.1 Å². The Morgan fingerprint density at radius 3 is 2.69 bits per heavy atom. The number of carbonyl (C=O) groups excluding carboxylic acids is 2. The molecule has 0 aliphatic carbocycles. The van der Waals surface area contributed by atoms with E-state index in [0.717, 1.165) is 25.8 Å². The minimum atomic E-state index is -0.399. The molecule has 32 heavy (non-hydrogen) atoms. The van der Waals surface area contributed by atoms with Crippen molar-refractivity contribution in [1.82, 2.24) is 15.2 Å². The first-order chi connectivity index (χ1) is 15.6. The number of amides is 2. The first kappa shape index (κ1) is 21.7. The number of oxazole rings is 1. The first-order valence-electron chi connectivity index (χ1n) is 11.0. The number of aromatic nitrogens is 1. The molecule has 1 fully saturated rings. The van der Waals surface area contributed by atoms with Gasteiger partial charge in [0.25, 0.3) is 5.91 Å². The summed E-state index contributed by atoms with van der Waals surface area (Å²) in [5, 5.41) is 2.92. The van der Waals surface area contributed by atoms with E-state index in [1.165, 1.54) is 12.3 Å². The molecule has 1 aliphatic rings. The van der Waals surface area contributed by atoms with Crippen molar-refractivity contribution in [2.24, 2.45) is 0 Å². The molecule has 1 aliphatic heterocycles. The van der Waals surface area contributed by atoms with E-state index in [1.54, 1.807) is 42.5 Å². The molecule has 2 heterocycles. The van der Waals surface area contributed by atoms with Gasteiger partial charge in [0.2, 0.25) is 11.8 Å². The molecule has 0 saturated carbocycles. The van der Waals surface area contributed by atoms with Gasteiger partial charge in [0.1, 0.15) is 5.82 Å². The van der Waals surface area contributed by atoms with Gasteiger partial charge in [-0.3, -0.25) is 9.59 Å². The number of hydrogen-bond donors (Lipinski definition) is 1. The lowest BCUT2D eigenvalue weighted by Gasteiger charge is -2.20. The number of nitrogens with one attached hydrogen (secondary N) is 1. The summed E-state index contributed by atoms with van der Waals surface area (Å²) in [6.45, 7) is 1.90. The van der Waals surface area contributed by atoms with Crippen LogP contribution >= 0.6 is 0 Å². The summed E-state index contributed by atoms with van der Waals surface area (Å²) in [4.78, 5) is 31.1. The highest BCUT2D eigenvalue weighted by Gasteiger charge is 2.19. The molecule has 0 atom stereocenters. The molecule has 0 radical (unpaired) electrons. The minimum Gasteiger partial charge on any atom is -0.436 e. The molecular weight excluding hydrogens is 409 g/mol. The van der Waals surface area contributed by atoms with Crippen LogP contribution in [0.5, 0.6) is 0 Å². The SMILES string of the molecule is O=C(NCCCN1CCCCCC1=O)c1ccccc1-c1ncc(-c2ccccc2F)o1. The van der Waals surface area contributed by atoms with Crippen LogP contribution in [-0.2, 0) is 4.79 Å². The summed E-state index contributed by atoms with van der Waals surface area (Å²) in [6, 6.07) is 13.3. The molecule has 0 unspecified atom stereocenters. The number of nitrogens with zero attached hydrogens (tertiary/aromatic N) is 2. The van der Waals surface area contributed by atoms with E-state index >= 15 is 0 Å². The molecule has 4 rings (SSSR count). The fourth-order valence-corrected chi connectivity index (χ4v) is 3.89. The number of likely N-dealkylation sites (tertiary alicyclic amines) is 1. The predicted molar refractivity (Wildman–Crippen MR) is 119 cm³/mol. The van der Waals surface area contributed by atoms with E-state index in [4.69, 9.17) is 4.42 Å². The summed E-state index contributed by atoms with van der Waals surface area (Å²) in [5.74, 6) is 0.117. The van der Waals surface area contributed by atoms with Gasteiger partial charge >= 0.3 is 0 Å². The lowest BCUT2D eigenvalue weighted by Crippen LogP contribution is -2.34. The molecule has 0 bridgehead atoms. The topological polar surface area (TPSA) is 75.4 Å². The van der Waals surface area contributed by atoms with Crippen LogP contribution in [0.25, 0.3) is 22.8 Å². The second-order valence-corrected chi connectivity index (χ2v) is 7.86. The predicted octanol–water partition coefficient (Wildman–Crippen LogP) is 4.67. The van der Waals surface area contributed by atoms with Crippen molar-refractivity contribution in [3.8, 4) is 22.8 Å². The van der Waals surface area contributed by atoms with E-state index in [0.29, 0.717) is 48.4 Å². The maximum atomic E-state index is 14.1. The molecule has 1 saturated heterocycles. The Labute approximate surface area is 186 Å². The Morgan fingerprint density at radius 2 is 1.84 bits per heavy atom. The van der Waals surface area contributed by atoms with E-state index in [9.17, 15) is 14.0 Å². The van der Waals surface area contributed by atoms with Gasteiger partial charge in [-0.05, 0) is 43.5 Å². The maximum absolute atomic E-state index is 14.1. The van der Waals surface area contributed by atoms with Crippen molar-refractivity contribution >= 4 is 11.8 Å². The second kappa shape index (κ2) is 10.2. The Kier molecular flexibility index (Phi) is 6.94.